The highest BCUT2D eigenvalue weighted by Gasteiger charge is 2.03. The SMILES string of the molecule is CC(C)c1ccc2c(=O)[nH]c(=O)[nH]c2c1. The van der Waals surface area contributed by atoms with Gasteiger partial charge in [-0.15, -0.1) is 0 Å². The fourth-order valence-corrected chi connectivity index (χ4v) is 1.55. The van der Waals surface area contributed by atoms with Crippen LogP contribution in [-0.2, 0) is 0 Å². The summed E-state index contributed by atoms with van der Waals surface area (Å²) < 4.78 is 0. The predicted octanol–water partition coefficient (Wildman–Crippen LogP) is 1.34. The summed E-state index contributed by atoms with van der Waals surface area (Å²) in [7, 11) is 0. The minimum Gasteiger partial charge on any atom is -0.307 e. The van der Waals surface area contributed by atoms with Crippen LogP contribution in [0.25, 0.3) is 10.9 Å². The van der Waals surface area contributed by atoms with Gasteiger partial charge in [0.05, 0.1) is 10.9 Å². The zero-order valence-corrected chi connectivity index (χ0v) is 8.63. The number of benzene rings is 1. The van der Waals surface area contributed by atoms with E-state index in [9.17, 15) is 9.59 Å². The van der Waals surface area contributed by atoms with Gasteiger partial charge in [-0.25, -0.2) is 4.79 Å². The van der Waals surface area contributed by atoms with Crippen LogP contribution in [0.4, 0.5) is 0 Å². The van der Waals surface area contributed by atoms with E-state index in [2.05, 4.69) is 23.8 Å². The summed E-state index contributed by atoms with van der Waals surface area (Å²) in [6.07, 6.45) is 0. The lowest BCUT2D eigenvalue weighted by Gasteiger charge is -2.05. The van der Waals surface area contributed by atoms with Gasteiger partial charge in [0.15, 0.2) is 0 Å². The number of hydrogen-bond acceptors (Lipinski definition) is 2. The molecule has 0 saturated carbocycles. The van der Waals surface area contributed by atoms with E-state index in [0.29, 0.717) is 16.8 Å². The van der Waals surface area contributed by atoms with Crippen molar-refractivity contribution in [3.8, 4) is 0 Å². The Bertz CT molecular complexity index is 608. The van der Waals surface area contributed by atoms with Crippen molar-refractivity contribution in [1.29, 1.82) is 0 Å². The molecule has 0 aliphatic rings. The van der Waals surface area contributed by atoms with E-state index in [1.54, 1.807) is 6.07 Å². The summed E-state index contributed by atoms with van der Waals surface area (Å²) in [5.74, 6) is 0.372. The second kappa shape index (κ2) is 3.38. The molecule has 0 spiro atoms. The van der Waals surface area contributed by atoms with Crippen molar-refractivity contribution in [3.05, 3.63) is 44.6 Å². The van der Waals surface area contributed by atoms with Gasteiger partial charge >= 0.3 is 5.69 Å². The highest BCUT2D eigenvalue weighted by Crippen LogP contribution is 2.16. The topological polar surface area (TPSA) is 65.7 Å². The van der Waals surface area contributed by atoms with Gasteiger partial charge in [-0.05, 0) is 23.6 Å². The van der Waals surface area contributed by atoms with Crippen LogP contribution in [0.2, 0.25) is 0 Å². The van der Waals surface area contributed by atoms with Gasteiger partial charge in [0.2, 0.25) is 0 Å². The van der Waals surface area contributed by atoms with Gasteiger partial charge in [-0.2, -0.15) is 0 Å². The van der Waals surface area contributed by atoms with Crippen LogP contribution in [0.15, 0.2) is 27.8 Å². The molecule has 4 heteroatoms. The third kappa shape index (κ3) is 1.70. The molecule has 78 valence electrons. The molecule has 0 amide bonds. The van der Waals surface area contributed by atoms with Crippen LogP contribution in [0, 0.1) is 0 Å². The van der Waals surface area contributed by atoms with Crippen LogP contribution in [0.1, 0.15) is 25.3 Å². The molecule has 0 bridgehead atoms. The van der Waals surface area contributed by atoms with Crippen molar-refractivity contribution in [2.24, 2.45) is 0 Å². The fourth-order valence-electron chi connectivity index (χ4n) is 1.55. The summed E-state index contributed by atoms with van der Waals surface area (Å²) in [5.41, 5.74) is 0.885. The first-order valence-electron chi connectivity index (χ1n) is 4.84. The lowest BCUT2D eigenvalue weighted by Crippen LogP contribution is -2.21. The number of aromatic amines is 2. The Hall–Kier alpha value is -1.84. The van der Waals surface area contributed by atoms with Crippen LogP contribution < -0.4 is 11.2 Å². The van der Waals surface area contributed by atoms with E-state index in [-0.39, 0.29) is 5.56 Å². The average molecular weight is 204 g/mol. The van der Waals surface area contributed by atoms with E-state index in [0.717, 1.165) is 5.56 Å². The molecule has 1 heterocycles. The molecule has 1 aromatic carbocycles. The monoisotopic (exact) mass is 204 g/mol. The number of rotatable bonds is 1. The molecule has 0 radical (unpaired) electrons. The molecule has 0 atom stereocenters. The molecule has 0 saturated heterocycles. The second-order valence-electron chi connectivity index (χ2n) is 3.87. The third-order valence-electron chi connectivity index (χ3n) is 2.43. The van der Waals surface area contributed by atoms with Gasteiger partial charge in [0, 0.05) is 0 Å². The summed E-state index contributed by atoms with van der Waals surface area (Å²) in [4.78, 5) is 27.3. The smallest absolute Gasteiger partial charge is 0.307 e. The molecular weight excluding hydrogens is 192 g/mol. The molecule has 1 aromatic heterocycles. The molecule has 0 aliphatic heterocycles. The Morgan fingerprint density at radius 1 is 1.13 bits per heavy atom. The van der Waals surface area contributed by atoms with Crippen LogP contribution in [0.5, 0.6) is 0 Å². The molecule has 0 fully saturated rings. The third-order valence-corrected chi connectivity index (χ3v) is 2.43. The quantitative estimate of drug-likeness (QED) is 0.736. The summed E-state index contributed by atoms with van der Waals surface area (Å²) in [6, 6.07) is 5.48. The van der Waals surface area contributed by atoms with Crippen molar-refractivity contribution in [2.45, 2.75) is 19.8 Å². The molecule has 15 heavy (non-hydrogen) atoms. The summed E-state index contributed by atoms with van der Waals surface area (Å²) in [6.45, 7) is 4.12. The van der Waals surface area contributed by atoms with Gasteiger partial charge in [-0.3, -0.25) is 9.78 Å². The first-order valence-corrected chi connectivity index (χ1v) is 4.84. The highest BCUT2D eigenvalue weighted by atomic mass is 16.2. The molecule has 0 unspecified atom stereocenters. The van der Waals surface area contributed by atoms with E-state index in [4.69, 9.17) is 0 Å². The van der Waals surface area contributed by atoms with Crippen LogP contribution in [-0.4, -0.2) is 9.97 Å². The van der Waals surface area contributed by atoms with Gasteiger partial charge < -0.3 is 4.98 Å². The van der Waals surface area contributed by atoms with Crippen molar-refractivity contribution in [1.82, 2.24) is 9.97 Å². The molecule has 2 N–H and O–H groups in total. The van der Waals surface area contributed by atoms with E-state index < -0.39 is 5.69 Å². The fraction of sp³-hybridized carbons (Fsp3) is 0.273. The largest absolute Gasteiger partial charge is 0.326 e. The lowest BCUT2D eigenvalue weighted by molar-refractivity contribution is 0.867. The lowest BCUT2D eigenvalue weighted by atomic mass is 10.0. The molecule has 4 nitrogen and oxygen atoms in total. The van der Waals surface area contributed by atoms with E-state index in [1.807, 2.05) is 12.1 Å². The Morgan fingerprint density at radius 3 is 2.53 bits per heavy atom. The van der Waals surface area contributed by atoms with Crippen molar-refractivity contribution in [2.75, 3.05) is 0 Å². The van der Waals surface area contributed by atoms with Gasteiger partial charge in [0.1, 0.15) is 0 Å². The average Bonchev–Trinajstić information content (AvgIpc) is 2.16. The van der Waals surface area contributed by atoms with Gasteiger partial charge in [0.25, 0.3) is 5.56 Å². The van der Waals surface area contributed by atoms with Gasteiger partial charge in [-0.1, -0.05) is 19.9 Å². The molecular formula is C11H12N2O2. The summed E-state index contributed by atoms with van der Waals surface area (Å²) >= 11 is 0. The highest BCUT2D eigenvalue weighted by molar-refractivity contribution is 5.77. The second-order valence-corrected chi connectivity index (χ2v) is 3.87. The Balaban J connectivity index is 2.82. The Morgan fingerprint density at radius 2 is 1.87 bits per heavy atom. The van der Waals surface area contributed by atoms with E-state index >= 15 is 0 Å². The van der Waals surface area contributed by atoms with E-state index in [1.165, 1.54) is 0 Å². The maximum absolute atomic E-state index is 11.4. The Kier molecular flexibility index (Phi) is 2.19. The Labute approximate surface area is 86.0 Å². The number of hydrogen-bond donors (Lipinski definition) is 2. The minimum atomic E-state index is -0.464. The first kappa shape index (κ1) is 9.71. The first-order chi connectivity index (χ1) is 7.08. The van der Waals surface area contributed by atoms with Crippen molar-refractivity contribution in [3.63, 3.8) is 0 Å². The number of nitrogens with one attached hydrogen (secondary N) is 2. The zero-order chi connectivity index (χ0) is 11.0. The molecule has 2 aromatic rings. The molecule has 2 rings (SSSR count). The maximum Gasteiger partial charge on any atom is 0.326 e. The van der Waals surface area contributed by atoms with Crippen molar-refractivity contribution < 1.29 is 0 Å². The maximum atomic E-state index is 11.4. The minimum absolute atomic E-state index is 0.343. The van der Waals surface area contributed by atoms with Crippen molar-refractivity contribution >= 4 is 10.9 Å². The number of fused-ring (bicyclic) bond motifs is 1. The standard InChI is InChI=1S/C11H12N2O2/c1-6(2)7-3-4-8-9(5-7)12-11(15)13-10(8)14/h3-6H,1-2H3,(H2,12,13,14,15). The summed E-state index contributed by atoms with van der Waals surface area (Å²) in [5, 5.41) is 0.513. The van der Waals surface area contributed by atoms with Crippen LogP contribution >= 0.6 is 0 Å². The predicted molar refractivity (Wildman–Crippen MR) is 59.3 cm³/mol. The van der Waals surface area contributed by atoms with Crippen LogP contribution in [0.3, 0.4) is 0 Å². The number of aromatic nitrogens is 2. The zero-order valence-electron chi connectivity index (χ0n) is 8.63. The normalized spacial score (nSPS) is 11.1. The number of H-pyrrole nitrogens is 2. The molecule has 0 aliphatic carbocycles.